The molecule has 1 fully saturated rings. The number of amides is 1. The van der Waals surface area contributed by atoms with Gasteiger partial charge in [-0.3, -0.25) is 19.7 Å². The second kappa shape index (κ2) is 7.46. The van der Waals surface area contributed by atoms with E-state index in [0.29, 0.717) is 0 Å². The summed E-state index contributed by atoms with van der Waals surface area (Å²) in [6, 6.07) is 2.99. The van der Waals surface area contributed by atoms with Gasteiger partial charge in [0, 0.05) is 12.1 Å². The van der Waals surface area contributed by atoms with Crippen LogP contribution in [0.4, 0.5) is 5.69 Å². The highest BCUT2D eigenvalue weighted by Gasteiger charge is 2.68. The van der Waals surface area contributed by atoms with Gasteiger partial charge in [-0.15, -0.1) is 6.42 Å². The maximum atomic E-state index is 12.9. The summed E-state index contributed by atoms with van der Waals surface area (Å²) in [6.45, 7) is 5.96. The van der Waals surface area contributed by atoms with Gasteiger partial charge in [-0.05, 0) is 39.8 Å². The van der Waals surface area contributed by atoms with Crippen molar-refractivity contribution in [3.05, 3.63) is 34.4 Å². The minimum atomic E-state index is -4.20. The number of terminal acetylenes is 1. The maximum absolute atomic E-state index is 12.9. The SMILES string of the molecule is C#C[C@@]1(C)[C@@H](C(=O)NCC(=O)OC(C)(C)C)N1S(=O)(=O)c1ccc([N+](=O)[O-])cc1. The molecule has 0 saturated carbocycles. The Morgan fingerprint density at radius 1 is 1.34 bits per heavy atom. The summed E-state index contributed by atoms with van der Waals surface area (Å²) in [5.41, 5.74) is -2.44. The summed E-state index contributed by atoms with van der Waals surface area (Å²) < 4.78 is 31.7. The average Bonchev–Trinajstić information content (AvgIpc) is 3.26. The number of non-ortho nitro benzene ring substituents is 1. The lowest BCUT2D eigenvalue weighted by Crippen LogP contribution is -2.38. The Hall–Kier alpha value is -2.97. The van der Waals surface area contributed by atoms with Crippen LogP contribution in [-0.2, 0) is 24.3 Å². The number of nitro groups is 1. The summed E-state index contributed by atoms with van der Waals surface area (Å²) >= 11 is 0. The van der Waals surface area contributed by atoms with Gasteiger partial charge in [-0.1, -0.05) is 5.92 Å². The third-order valence-electron chi connectivity index (χ3n) is 4.13. The first-order chi connectivity index (χ1) is 13.2. The van der Waals surface area contributed by atoms with E-state index in [-0.39, 0.29) is 10.6 Å². The molecule has 0 radical (unpaired) electrons. The van der Waals surface area contributed by atoms with Crippen molar-refractivity contribution in [2.75, 3.05) is 6.54 Å². The van der Waals surface area contributed by atoms with Gasteiger partial charge in [-0.25, -0.2) is 8.42 Å². The van der Waals surface area contributed by atoms with Crippen molar-refractivity contribution in [3.8, 4) is 12.3 Å². The van der Waals surface area contributed by atoms with Crippen molar-refractivity contribution in [2.45, 2.75) is 49.8 Å². The van der Waals surface area contributed by atoms with Crippen LogP contribution in [0, 0.1) is 22.5 Å². The topological polar surface area (TPSA) is 136 Å². The Labute approximate surface area is 168 Å². The lowest BCUT2D eigenvalue weighted by Gasteiger charge is -2.19. The van der Waals surface area contributed by atoms with Gasteiger partial charge in [0.15, 0.2) is 0 Å². The average molecular weight is 423 g/mol. The lowest BCUT2D eigenvalue weighted by molar-refractivity contribution is -0.384. The molecule has 1 aliphatic rings. The summed E-state index contributed by atoms with van der Waals surface area (Å²) in [7, 11) is -4.20. The van der Waals surface area contributed by atoms with E-state index in [0.717, 1.165) is 28.6 Å². The molecule has 0 aromatic heterocycles. The molecular formula is C18H21N3O7S. The normalized spacial score (nSPS) is 23.6. The van der Waals surface area contributed by atoms with Crippen molar-refractivity contribution in [2.24, 2.45) is 0 Å². The molecule has 0 bridgehead atoms. The Morgan fingerprint density at radius 2 is 1.90 bits per heavy atom. The van der Waals surface area contributed by atoms with Crippen LogP contribution in [0.1, 0.15) is 27.7 Å². The van der Waals surface area contributed by atoms with Crippen LogP contribution in [0.15, 0.2) is 29.2 Å². The predicted octanol–water partition coefficient (Wildman–Crippen LogP) is 0.818. The first-order valence-electron chi connectivity index (χ1n) is 8.50. The van der Waals surface area contributed by atoms with Gasteiger partial charge in [0.1, 0.15) is 23.7 Å². The number of hydrogen-bond acceptors (Lipinski definition) is 7. The van der Waals surface area contributed by atoms with Crippen LogP contribution in [0.3, 0.4) is 0 Å². The molecule has 1 amide bonds. The fourth-order valence-corrected chi connectivity index (χ4v) is 4.63. The third kappa shape index (κ3) is 4.55. The summed E-state index contributed by atoms with van der Waals surface area (Å²) in [5.74, 6) is 0.859. The van der Waals surface area contributed by atoms with E-state index in [1.165, 1.54) is 6.92 Å². The Bertz CT molecular complexity index is 990. The highest BCUT2D eigenvalue weighted by atomic mass is 32.2. The molecule has 1 heterocycles. The molecule has 1 aliphatic heterocycles. The zero-order valence-corrected chi connectivity index (χ0v) is 17.1. The van der Waals surface area contributed by atoms with Gasteiger partial charge in [0.2, 0.25) is 15.9 Å². The third-order valence-corrected chi connectivity index (χ3v) is 6.10. The van der Waals surface area contributed by atoms with Crippen molar-refractivity contribution in [1.82, 2.24) is 9.62 Å². The van der Waals surface area contributed by atoms with Crippen molar-refractivity contribution in [3.63, 3.8) is 0 Å². The number of ether oxygens (including phenoxy) is 1. The van der Waals surface area contributed by atoms with Crippen molar-refractivity contribution < 1.29 is 27.7 Å². The molecule has 3 atom stereocenters. The van der Waals surface area contributed by atoms with Crippen LogP contribution < -0.4 is 5.32 Å². The van der Waals surface area contributed by atoms with Gasteiger partial charge in [-0.2, -0.15) is 4.31 Å². The highest BCUT2D eigenvalue weighted by Crippen LogP contribution is 2.45. The molecule has 1 N–H and O–H groups in total. The molecule has 0 spiro atoms. The molecule has 2 rings (SSSR count). The fraction of sp³-hybridized carbons (Fsp3) is 0.444. The summed E-state index contributed by atoms with van der Waals surface area (Å²) in [6.07, 6.45) is 5.45. The number of nitrogens with one attached hydrogen (secondary N) is 1. The highest BCUT2D eigenvalue weighted by molar-refractivity contribution is 7.89. The number of carbonyl (C=O) groups is 2. The van der Waals surface area contributed by atoms with E-state index in [4.69, 9.17) is 11.2 Å². The van der Waals surface area contributed by atoms with E-state index in [2.05, 4.69) is 11.2 Å². The number of carbonyl (C=O) groups excluding carboxylic acids is 2. The molecule has 11 heteroatoms. The monoisotopic (exact) mass is 423 g/mol. The smallest absolute Gasteiger partial charge is 0.325 e. The first kappa shape index (κ1) is 22.3. The van der Waals surface area contributed by atoms with E-state index < -0.39 is 50.5 Å². The first-order valence-corrected chi connectivity index (χ1v) is 9.94. The molecule has 29 heavy (non-hydrogen) atoms. The Balaban J connectivity index is 2.18. The molecule has 1 unspecified atom stereocenters. The molecule has 1 aromatic carbocycles. The Morgan fingerprint density at radius 3 is 2.34 bits per heavy atom. The lowest BCUT2D eigenvalue weighted by atomic mass is 10.1. The quantitative estimate of drug-likeness (QED) is 0.235. The van der Waals surface area contributed by atoms with Crippen molar-refractivity contribution >= 4 is 27.6 Å². The van der Waals surface area contributed by atoms with Crippen LogP contribution in [-0.4, -0.2) is 53.2 Å². The second-order valence-electron chi connectivity index (χ2n) is 7.55. The molecule has 0 aliphatic carbocycles. The second-order valence-corrected chi connectivity index (χ2v) is 9.37. The zero-order chi connectivity index (χ0) is 22.2. The van der Waals surface area contributed by atoms with Crippen LogP contribution in [0.25, 0.3) is 0 Å². The number of hydrogen-bond donors (Lipinski definition) is 1. The summed E-state index contributed by atoms with van der Waals surface area (Å²) in [5, 5.41) is 13.1. The minimum absolute atomic E-state index is 0.244. The minimum Gasteiger partial charge on any atom is -0.459 e. The molecule has 1 aromatic rings. The Kier molecular flexibility index (Phi) is 5.74. The van der Waals surface area contributed by atoms with Crippen molar-refractivity contribution in [1.29, 1.82) is 0 Å². The largest absolute Gasteiger partial charge is 0.459 e. The number of rotatable bonds is 6. The number of benzene rings is 1. The van der Waals surface area contributed by atoms with Crippen LogP contribution in [0.5, 0.6) is 0 Å². The predicted molar refractivity (Wildman–Crippen MR) is 102 cm³/mol. The van der Waals surface area contributed by atoms with E-state index in [1.54, 1.807) is 20.8 Å². The molecule has 10 nitrogen and oxygen atoms in total. The van der Waals surface area contributed by atoms with E-state index >= 15 is 0 Å². The van der Waals surface area contributed by atoms with Gasteiger partial charge >= 0.3 is 5.97 Å². The number of esters is 1. The van der Waals surface area contributed by atoms with Crippen LogP contribution in [0.2, 0.25) is 0 Å². The molecule has 1 saturated heterocycles. The summed E-state index contributed by atoms with van der Waals surface area (Å²) in [4.78, 5) is 34.1. The van der Waals surface area contributed by atoms with E-state index in [1.807, 2.05) is 0 Å². The zero-order valence-electron chi connectivity index (χ0n) is 16.3. The molecular weight excluding hydrogens is 402 g/mol. The van der Waals surface area contributed by atoms with Gasteiger partial charge < -0.3 is 10.1 Å². The molecule has 156 valence electrons. The maximum Gasteiger partial charge on any atom is 0.325 e. The van der Waals surface area contributed by atoms with Gasteiger partial charge in [0.05, 0.1) is 9.82 Å². The number of nitrogens with zero attached hydrogens (tertiary/aromatic N) is 2. The number of nitro benzene ring substituents is 1. The van der Waals surface area contributed by atoms with E-state index in [9.17, 15) is 28.1 Å². The van der Waals surface area contributed by atoms with Crippen LogP contribution >= 0.6 is 0 Å². The standard InChI is InChI=1S/C18H21N3O7S/c1-6-18(5)15(16(23)19-11-14(22)28-17(2,3)4)20(18)29(26,27)13-9-7-12(8-10-13)21(24)25/h1,7-10,15H,11H2,2-5H3,(H,19,23)/t15-,18+,20?/m1/s1. The van der Waals surface area contributed by atoms with Gasteiger partial charge in [0.25, 0.3) is 5.69 Å². The number of sulfonamides is 1. The fourth-order valence-electron chi connectivity index (χ4n) is 2.74.